The van der Waals surface area contributed by atoms with Gasteiger partial charge in [0, 0.05) is 33.1 Å². The summed E-state index contributed by atoms with van der Waals surface area (Å²) in [5.41, 5.74) is 0.693. The Morgan fingerprint density at radius 1 is 1.36 bits per heavy atom. The highest BCUT2D eigenvalue weighted by Crippen LogP contribution is 2.14. The molecule has 1 aromatic heterocycles. The van der Waals surface area contributed by atoms with Gasteiger partial charge in [-0.15, -0.1) is 0 Å². The Balaban J connectivity index is 2.11. The third kappa shape index (κ3) is 1.80. The van der Waals surface area contributed by atoms with Crippen LogP contribution < -0.4 is 10.2 Å². The van der Waals surface area contributed by atoms with Gasteiger partial charge in [0.05, 0.1) is 5.69 Å². The number of anilines is 1. The Hall–Kier alpha value is -1.29. The zero-order valence-corrected chi connectivity index (χ0v) is 8.34. The molecule has 76 valence electrons. The van der Waals surface area contributed by atoms with E-state index in [2.05, 4.69) is 15.2 Å². The van der Waals surface area contributed by atoms with E-state index in [1.807, 2.05) is 12.1 Å². The number of carbonyl (C=O) groups excluding carboxylic acids is 1. The van der Waals surface area contributed by atoms with Gasteiger partial charge in [-0.2, -0.15) is 0 Å². The van der Waals surface area contributed by atoms with Crippen molar-refractivity contribution in [1.29, 1.82) is 0 Å². The van der Waals surface area contributed by atoms with Crippen LogP contribution in [-0.4, -0.2) is 36.9 Å². The Morgan fingerprint density at radius 3 is 2.64 bits per heavy atom. The van der Waals surface area contributed by atoms with Crippen LogP contribution >= 0.6 is 0 Å². The molecule has 0 radical (unpaired) electrons. The van der Waals surface area contributed by atoms with Crippen molar-refractivity contribution in [2.45, 2.75) is 6.92 Å². The van der Waals surface area contributed by atoms with Crippen molar-refractivity contribution in [2.75, 3.05) is 31.1 Å². The van der Waals surface area contributed by atoms with Crippen molar-refractivity contribution < 1.29 is 4.79 Å². The number of H-pyrrole nitrogens is 1. The minimum atomic E-state index is 0.0892. The van der Waals surface area contributed by atoms with E-state index in [9.17, 15) is 4.79 Å². The number of hydrogen-bond donors (Lipinski definition) is 2. The number of Topliss-reactive ketones (excluding diaryl/α,β-unsaturated/α-hetero) is 1. The fraction of sp³-hybridized carbons (Fsp3) is 0.500. The fourth-order valence-electron chi connectivity index (χ4n) is 1.68. The smallest absolute Gasteiger partial charge is 0.175 e. The molecular formula is C10H15N3O. The van der Waals surface area contributed by atoms with Gasteiger partial charge in [0.15, 0.2) is 5.78 Å². The van der Waals surface area contributed by atoms with Gasteiger partial charge < -0.3 is 15.2 Å². The summed E-state index contributed by atoms with van der Waals surface area (Å²) in [5, 5.41) is 3.29. The molecule has 0 unspecified atom stereocenters. The van der Waals surface area contributed by atoms with Crippen LogP contribution in [0.5, 0.6) is 0 Å². The van der Waals surface area contributed by atoms with Crippen LogP contribution in [0.4, 0.5) is 5.82 Å². The molecule has 0 spiro atoms. The quantitative estimate of drug-likeness (QED) is 0.677. The van der Waals surface area contributed by atoms with Crippen LogP contribution in [0.1, 0.15) is 17.4 Å². The molecule has 1 aromatic rings. The lowest BCUT2D eigenvalue weighted by molar-refractivity contribution is 0.101. The van der Waals surface area contributed by atoms with Gasteiger partial charge >= 0.3 is 0 Å². The maximum absolute atomic E-state index is 11.1. The third-order valence-corrected chi connectivity index (χ3v) is 2.51. The van der Waals surface area contributed by atoms with Crippen LogP contribution in [0.15, 0.2) is 12.1 Å². The van der Waals surface area contributed by atoms with Crippen LogP contribution in [0.25, 0.3) is 0 Å². The molecule has 1 saturated heterocycles. The first kappa shape index (κ1) is 9.27. The fourth-order valence-corrected chi connectivity index (χ4v) is 1.68. The van der Waals surface area contributed by atoms with E-state index in [0.29, 0.717) is 5.69 Å². The van der Waals surface area contributed by atoms with E-state index >= 15 is 0 Å². The third-order valence-electron chi connectivity index (χ3n) is 2.51. The van der Waals surface area contributed by atoms with Crippen LogP contribution in [0, 0.1) is 0 Å². The Bertz CT molecular complexity index is 326. The normalized spacial score (nSPS) is 17.1. The highest BCUT2D eigenvalue weighted by molar-refractivity contribution is 5.92. The number of nitrogens with zero attached hydrogens (tertiary/aromatic N) is 1. The van der Waals surface area contributed by atoms with Crippen molar-refractivity contribution in [3.05, 3.63) is 17.8 Å². The minimum Gasteiger partial charge on any atom is -0.356 e. The molecule has 0 aromatic carbocycles. The predicted octanol–water partition coefficient (Wildman–Crippen LogP) is 0.627. The molecule has 0 atom stereocenters. The predicted molar refractivity (Wildman–Crippen MR) is 55.9 cm³/mol. The molecule has 0 saturated carbocycles. The van der Waals surface area contributed by atoms with Gasteiger partial charge in [0.1, 0.15) is 5.82 Å². The summed E-state index contributed by atoms with van der Waals surface area (Å²) in [4.78, 5) is 16.5. The monoisotopic (exact) mass is 193 g/mol. The molecule has 4 heteroatoms. The first-order valence-corrected chi connectivity index (χ1v) is 4.93. The molecule has 0 bridgehead atoms. The van der Waals surface area contributed by atoms with Crippen molar-refractivity contribution in [3.8, 4) is 0 Å². The molecule has 2 heterocycles. The Kier molecular flexibility index (Phi) is 2.54. The molecule has 0 amide bonds. The second kappa shape index (κ2) is 3.84. The zero-order chi connectivity index (χ0) is 9.97. The summed E-state index contributed by atoms with van der Waals surface area (Å²) >= 11 is 0. The highest BCUT2D eigenvalue weighted by atomic mass is 16.1. The topological polar surface area (TPSA) is 48.1 Å². The number of carbonyl (C=O) groups is 1. The maximum atomic E-state index is 11.1. The zero-order valence-electron chi connectivity index (χ0n) is 8.34. The Morgan fingerprint density at radius 2 is 2.07 bits per heavy atom. The second-order valence-corrected chi connectivity index (χ2v) is 3.55. The average Bonchev–Trinajstić information content (AvgIpc) is 2.68. The van der Waals surface area contributed by atoms with Crippen LogP contribution in [0.3, 0.4) is 0 Å². The standard InChI is InChI=1S/C10H15N3O/c1-8(14)9-2-3-10(12-9)13-6-4-11-5-7-13/h2-3,11-12H,4-7H2,1H3. The summed E-state index contributed by atoms with van der Waals surface area (Å²) in [6.07, 6.45) is 0. The molecular weight excluding hydrogens is 178 g/mol. The van der Waals surface area contributed by atoms with Crippen LogP contribution in [0.2, 0.25) is 0 Å². The average molecular weight is 193 g/mol. The summed E-state index contributed by atoms with van der Waals surface area (Å²) in [7, 11) is 0. The van der Waals surface area contributed by atoms with Gasteiger partial charge in [-0.25, -0.2) is 0 Å². The molecule has 1 aliphatic rings. The van der Waals surface area contributed by atoms with E-state index in [-0.39, 0.29) is 5.78 Å². The van der Waals surface area contributed by atoms with E-state index in [4.69, 9.17) is 0 Å². The van der Waals surface area contributed by atoms with Gasteiger partial charge in [-0.3, -0.25) is 4.79 Å². The molecule has 14 heavy (non-hydrogen) atoms. The van der Waals surface area contributed by atoms with Crippen molar-refractivity contribution >= 4 is 11.6 Å². The molecule has 1 aliphatic heterocycles. The summed E-state index contributed by atoms with van der Waals surface area (Å²) in [6.45, 7) is 5.59. The van der Waals surface area contributed by atoms with Gasteiger partial charge in [-0.1, -0.05) is 0 Å². The van der Waals surface area contributed by atoms with Gasteiger partial charge in [0.2, 0.25) is 0 Å². The lowest BCUT2D eigenvalue weighted by Crippen LogP contribution is -2.43. The minimum absolute atomic E-state index is 0.0892. The first-order valence-electron chi connectivity index (χ1n) is 4.93. The maximum Gasteiger partial charge on any atom is 0.175 e. The van der Waals surface area contributed by atoms with Crippen LogP contribution in [-0.2, 0) is 0 Å². The lowest BCUT2D eigenvalue weighted by Gasteiger charge is -2.27. The number of aromatic nitrogens is 1. The van der Waals surface area contributed by atoms with Crippen molar-refractivity contribution in [1.82, 2.24) is 10.3 Å². The highest BCUT2D eigenvalue weighted by Gasteiger charge is 2.12. The SMILES string of the molecule is CC(=O)c1ccc(N2CCNCC2)[nH]1. The van der Waals surface area contributed by atoms with E-state index < -0.39 is 0 Å². The molecule has 4 nitrogen and oxygen atoms in total. The first-order chi connectivity index (χ1) is 6.77. The van der Waals surface area contributed by atoms with Crippen molar-refractivity contribution in [3.63, 3.8) is 0 Å². The lowest BCUT2D eigenvalue weighted by atomic mass is 10.3. The molecule has 2 rings (SSSR count). The van der Waals surface area contributed by atoms with Gasteiger partial charge in [-0.05, 0) is 12.1 Å². The molecule has 1 fully saturated rings. The van der Waals surface area contributed by atoms with Gasteiger partial charge in [0.25, 0.3) is 0 Å². The summed E-state index contributed by atoms with van der Waals surface area (Å²) in [5.74, 6) is 1.14. The van der Waals surface area contributed by atoms with E-state index in [0.717, 1.165) is 32.0 Å². The number of aromatic amines is 1. The number of piperazine rings is 1. The Labute approximate surface area is 83.3 Å². The summed E-state index contributed by atoms with van der Waals surface area (Å²) < 4.78 is 0. The molecule has 0 aliphatic carbocycles. The number of rotatable bonds is 2. The molecule has 2 N–H and O–H groups in total. The number of hydrogen-bond acceptors (Lipinski definition) is 3. The summed E-state index contributed by atoms with van der Waals surface area (Å²) in [6, 6.07) is 3.82. The number of nitrogens with one attached hydrogen (secondary N) is 2. The second-order valence-electron chi connectivity index (χ2n) is 3.55. The number of ketones is 1. The van der Waals surface area contributed by atoms with Crippen molar-refractivity contribution in [2.24, 2.45) is 0 Å². The van der Waals surface area contributed by atoms with E-state index in [1.165, 1.54) is 0 Å². The van der Waals surface area contributed by atoms with E-state index in [1.54, 1.807) is 6.92 Å². The largest absolute Gasteiger partial charge is 0.356 e.